The monoisotopic (exact) mass is 423 g/mol. The molecule has 0 fully saturated rings. The number of amides is 1. The summed E-state index contributed by atoms with van der Waals surface area (Å²) in [5, 5.41) is 2.81. The Labute approximate surface area is 182 Å². The molecule has 1 amide bonds. The van der Waals surface area contributed by atoms with E-state index in [2.05, 4.69) is 25.3 Å². The molecule has 8 nitrogen and oxygen atoms in total. The van der Waals surface area contributed by atoms with E-state index in [9.17, 15) is 9.59 Å². The summed E-state index contributed by atoms with van der Waals surface area (Å²) in [6, 6.07) is 19.2. The third-order valence-electron chi connectivity index (χ3n) is 4.89. The van der Waals surface area contributed by atoms with E-state index in [4.69, 9.17) is 4.74 Å². The molecule has 2 heterocycles. The maximum absolute atomic E-state index is 12.5. The summed E-state index contributed by atoms with van der Waals surface area (Å²) in [4.78, 5) is 40.8. The molecule has 0 unspecified atom stereocenters. The Morgan fingerprint density at radius 1 is 0.844 bits per heavy atom. The highest BCUT2D eigenvalue weighted by atomic mass is 16.5. The van der Waals surface area contributed by atoms with Gasteiger partial charge < -0.3 is 15.0 Å². The molecule has 8 heteroatoms. The second kappa shape index (κ2) is 8.27. The van der Waals surface area contributed by atoms with E-state index < -0.39 is 5.97 Å². The van der Waals surface area contributed by atoms with Crippen molar-refractivity contribution in [1.29, 1.82) is 0 Å². The van der Waals surface area contributed by atoms with Gasteiger partial charge >= 0.3 is 5.97 Å². The van der Waals surface area contributed by atoms with E-state index in [1.165, 1.54) is 0 Å². The first kappa shape index (κ1) is 19.4. The quantitative estimate of drug-likeness (QED) is 0.412. The van der Waals surface area contributed by atoms with E-state index in [-0.39, 0.29) is 12.5 Å². The standard InChI is InChI=1S/C24H17N5O3/c30-23(16-7-10-18-21(13-16)26-12-11-25-18)27-17-8-5-15(6-9-17)24(31)32-14-22-28-19-3-1-2-4-20(19)29-22/h1-13H,14H2,(H,27,30)(H,28,29). The first-order valence-electron chi connectivity index (χ1n) is 9.89. The molecule has 0 aliphatic heterocycles. The topological polar surface area (TPSA) is 110 Å². The summed E-state index contributed by atoms with van der Waals surface area (Å²) in [7, 11) is 0. The summed E-state index contributed by atoms with van der Waals surface area (Å²) in [6.45, 7) is 0.0385. The van der Waals surface area contributed by atoms with Crippen LogP contribution in [0.5, 0.6) is 0 Å². The number of ether oxygens (including phenoxy) is 1. The van der Waals surface area contributed by atoms with Gasteiger partial charge in [0.2, 0.25) is 0 Å². The van der Waals surface area contributed by atoms with Crippen molar-refractivity contribution < 1.29 is 14.3 Å². The van der Waals surface area contributed by atoms with Crippen LogP contribution >= 0.6 is 0 Å². The molecule has 3 aromatic carbocycles. The average Bonchev–Trinajstić information content (AvgIpc) is 3.26. The zero-order valence-electron chi connectivity index (χ0n) is 16.8. The molecule has 32 heavy (non-hydrogen) atoms. The second-order valence-corrected chi connectivity index (χ2v) is 7.07. The van der Waals surface area contributed by atoms with E-state index in [1.807, 2.05) is 24.3 Å². The van der Waals surface area contributed by atoms with Crippen molar-refractivity contribution in [3.63, 3.8) is 0 Å². The molecule has 0 saturated carbocycles. The summed E-state index contributed by atoms with van der Waals surface area (Å²) in [6.07, 6.45) is 3.18. The molecule has 0 spiro atoms. The maximum atomic E-state index is 12.5. The Bertz CT molecular complexity index is 1410. The SMILES string of the molecule is O=C(Nc1ccc(C(=O)OCc2nc3ccccc3[nH]2)cc1)c1ccc2nccnc2c1. The Balaban J connectivity index is 1.21. The van der Waals surface area contributed by atoms with Gasteiger partial charge in [-0.1, -0.05) is 12.1 Å². The van der Waals surface area contributed by atoms with Gasteiger partial charge in [0.25, 0.3) is 5.91 Å². The van der Waals surface area contributed by atoms with Gasteiger partial charge in [-0.25, -0.2) is 9.78 Å². The molecule has 156 valence electrons. The maximum Gasteiger partial charge on any atom is 0.338 e. The van der Waals surface area contributed by atoms with E-state index in [1.54, 1.807) is 54.9 Å². The highest BCUT2D eigenvalue weighted by molar-refractivity contribution is 6.06. The largest absolute Gasteiger partial charge is 0.454 e. The van der Waals surface area contributed by atoms with Gasteiger partial charge in [-0.2, -0.15) is 0 Å². The van der Waals surface area contributed by atoms with Crippen LogP contribution in [-0.4, -0.2) is 31.8 Å². The van der Waals surface area contributed by atoms with Gasteiger partial charge in [0, 0.05) is 23.6 Å². The Kier molecular flexibility index (Phi) is 5.01. The predicted octanol–water partition coefficient (Wildman–Crippen LogP) is 4.12. The van der Waals surface area contributed by atoms with Crippen LogP contribution in [-0.2, 0) is 11.3 Å². The number of anilines is 1. The number of carbonyl (C=O) groups is 2. The summed E-state index contributed by atoms with van der Waals surface area (Å²) < 4.78 is 5.34. The molecule has 5 rings (SSSR count). The van der Waals surface area contributed by atoms with Gasteiger partial charge in [-0.3, -0.25) is 14.8 Å². The lowest BCUT2D eigenvalue weighted by Crippen LogP contribution is -2.12. The lowest BCUT2D eigenvalue weighted by Gasteiger charge is -2.07. The van der Waals surface area contributed by atoms with Gasteiger partial charge in [-0.15, -0.1) is 0 Å². The van der Waals surface area contributed by atoms with Crippen molar-refractivity contribution >= 4 is 39.6 Å². The molecular formula is C24H17N5O3. The van der Waals surface area contributed by atoms with Gasteiger partial charge in [0.15, 0.2) is 0 Å². The van der Waals surface area contributed by atoms with E-state index in [0.717, 1.165) is 16.6 Å². The number of hydrogen-bond donors (Lipinski definition) is 2. The number of H-pyrrole nitrogens is 1. The molecule has 0 aliphatic rings. The van der Waals surface area contributed by atoms with Gasteiger partial charge in [0.1, 0.15) is 12.4 Å². The van der Waals surface area contributed by atoms with Crippen molar-refractivity contribution in [3.05, 3.63) is 96.1 Å². The third-order valence-corrected chi connectivity index (χ3v) is 4.89. The van der Waals surface area contributed by atoms with Crippen LogP contribution in [0.2, 0.25) is 0 Å². The van der Waals surface area contributed by atoms with Crippen molar-refractivity contribution in [2.75, 3.05) is 5.32 Å². The number of para-hydroxylation sites is 2. The number of hydrogen-bond acceptors (Lipinski definition) is 6. The van der Waals surface area contributed by atoms with Crippen LogP contribution < -0.4 is 5.32 Å². The summed E-state index contributed by atoms with van der Waals surface area (Å²) in [5.74, 6) is -0.183. The van der Waals surface area contributed by atoms with Gasteiger partial charge in [0.05, 0.1) is 27.6 Å². The van der Waals surface area contributed by atoms with Crippen LogP contribution in [0.3, 0.4) is 0 Å². The van der Waals surface area contributed by atoms with Crippen molar-refractivity contribution in [3.8, 4) is 0 Å². The molecular weight excluding hydrogens is 406 g/mol. The number of esters is 1. The molecule has 2 N–H and O–H groups in total. The van der Waals surface area contributed by atoms with Crippen LogP contribution in [0, 0.1) is 0 Å². The molecule has 0 bridgehead atoms. The minimum Gasteiger partial charge on any atom is -0.454 e. The van der Waals surface area contributed by atoms with Crippen LogP contribution in [0.4, 0.5) is 5.69 Å². The Morgan fingerprint density at radius 3 is 2.41 bits per heavy atom. The van der Waals surface area contributed by atoms with Crippen molar-refractivity contribution in [2.24, 2.45) is 0 Å². The molecule has 2 aromatic heterocycles. The predicted molar refractivity (Wildman–Crippen MR) is 119 cm³/mol. The first-order valence-corrected chi connectivity index (χ1v) is 9.89. The number of imidazole rings is 1. The summed E-state index contributed by atoms with van der Waals surface area (Å²) >= 11 is 0. The number of aromatic nitrogens is 4. The molecule has 0 atom stereocenters. The zero-order chi connectivity index (χ0) is 21.9. The zero-order valence-corrected chi connectivity index (χ0v) is 16.8. The minimum atomic E-state index is -0.476. The number of nitrogens with one attached hydrogen (secondary N) is 2. The third kappa shape index (κ3) is 4.01. The minimum absolute atomic E-state index is 0.0385. The van der Waals surface area contributed by atoms with Crippen LogP contribution in [0.1, 0.15) is 26.5 Å². The smallest absolute Gasteiger partial charge is 0.338 e. The molecule has 0 radical (unpaired) electrons. The lowest BCUT2D eigenvalue weighted by atomic mass is 10.1. The van der Waals surface area contributed by atoms with Gasteiger partial charge in [-0.05, 0) is 54.6 Å². The highest BCUT2D eigenvalue weighted by Gasteiger charge is 2.11. The number of benzene rings is 3. The average molecular weight is 423 g/mol. The van der Waals surface area contributed by atoms with E-state index >= 15 is 0 Å². The first-order chi connectivity index (χ1) is 15.7. The van der Waals surface area contributed by atoms with Crippen LogP contribution in [0.15, 0.2) is 79.1 Å². The number of fused-ring (bicyclic) bond motifs is 2. The van der Waals surface area contributed by atoms with Crippen molar-refractivity contribution in [1.82, 2.24) is 19.9 Å². The number of carbonyl (C=O) groups excluding carboxylic acids is 2. The normalized spacial score (nSPS) is 10.9. The fourth-order valence-electron chi connectivity index (χ4n) is 3.29. The Hall–Kier alpha value is -4.59. The lowest BCUT2D eigenvalue weighted by molar-refractivity contribution is 0.0463. The second-order valence-electron chi connectivity index (χ2n) is 7.07. The highest BCUT2D eigenvalue weighted by Crippen LogP contribution is 2.16. The number of aromatic amines is 1. The molecule has 0 aliphatic carbocycles. The number of nitrogens with zero attached hydrogens (tertiary/aromatic N) is 3. The molecule has 0 saturated heterocycles. The summed E-state index contributed by atoms with van der Waals surface area (Å²) in [5.41, 5.74) is 4.46. The van der Waals surface area contributed by atoms with Crippen molar-refractivity contribution in [2.45, 2.75) is 6.61 Å². The Morgan fingerprint density at radius 2 is 1.59 bits per heavy atom. The van der Waals surface area contributed by atoms with E-state index in [0.29, 0.717) is 28.2 Å². The fourth-order valence-corrected chi connectivity index (χ4v) is 3.29. The molecule has 5 aromatic rings. The number of rotatable bonds is 5. The van der Waals surface area contributed by atoms with Crippen LogP contribution in [0.25, 0.3) is 22.1 Å². The fraction of sp³-hybridized carbons (Fsp3) is 0.0417.